The van der Waals surface area contributed by atoms with Crippen LogP contribution in [0.2, 0.25) is 0 Å². The van der Waals surface area contributed by atoms with Crippen molar-refractivity contribution in [2.24, 2.45) is 10.9 Å². The Morgan fingerprint density at radius 2 is 2.00 bits per heavy atom. The number of guanidine groups is 1. The number of nitrogens with one attached hydrogen (secondary N) is 1. The summed E-state index contributed by atoms with van der Waals surface area (Å²) in [5.41, 5.74) is 2.43. The van der Waals surface area contributed by atoms with Crippen LogP contribution in [0.3, 0.4) is 0 Å². The van der Waals surface area contributed by atoms with Gasteiger partial charge in [0.15, 0.2) is 5.96 Å². The highest BCUT2D eigenvalue weighted by atomic mass is 127. The maximum Gasteiger partial charge on any atom is 0.193 e. The molecule has 1 aliphatic carbocycles. The minimum Gasteiger partial charge on any atom is -0.380 e. The van der Waals surface area contributed by atoms with Gasteiger partial charge < -0.3 is 19.7 Å². The van der Waals surface area contributed by atoms with E-state index in [1.54, 1.807) is 7.11 Å². The second-order valence-corrected chi connectivity index (χ2v) is 6.04. The molecule has 0 amide bonds. The van der Waals surface area contributed by atoms with Gasteiger partial charge >= 0.3 is 0 Å². The molecule has 5 nitrogen and oxygen atoms in total. The molecule has 0 saturated heterocycles. The van der Waals surface area contributed by atoms with Gasteiger partial charge in [0.25, 0.3) is 0 Å². The van der Waals surface area contributed by atoms with E-state index in [1.165, 1.54) is 24.0 Å². The number of likely N-dealkylation sites (N-methyl/N-ethyl adjacent to an activating group) is 1. The first kappa shape index (κ1) is 21.2. The zero-order valence-corrected chi connectivity index (χ0v) is 17.3. The zero-order chi connectivity index (χ0) is 16.5. The van der Waals surface area contributed by atoms with E-state index < -0.39 is 0 Å². The number of hydrogen-bond acceptors (Lipinski definition) is 3. The van der Waals surface area contributed by atoms with E-state index in [2.05, 4.69) is 27.3 Å². The van der Waals surface area contributed by atoms with Gasteiger partial charge in [-0.1, -0.05) is 24.3 Å². The van der Waals surface area contributed by atoms with Crippen LogP contribution in [0.4, 0.5) is 0 Å². The van der Waals surface area contributed by atoms with Gasteiger partial charge in [0.1, 0.15) is 0 Å². The first-order valence-corrected chi connectivity index (χ1v) is 8.29. The van der Waals surface area contributed by atoms with Crippen molar-refractivity contribution in [1.29, 1.82) is 0 Å². The smallest absolute Gasteiger partial charge is 0.193 e. The molecule has 1 aromatic carbocycles. The first-order valence-electron chi connectivity index (χ1n) is 8.29. The number of aliphatic imine (C=N–C) groups is 1. The highest BCUT2D eigenvalue weighted by Gasteiger charge is 2.21. The van der Waals surface area contributed by atoms with Crippen molar-refractivity contribution in [3.63, 3.8) is 0 Å². The van der Waals surface area contributed by atoms with Crippen molar-refractivity contribution in [1.82, 2.24) is 10.2 Å². The molecule has 0 aliphatic heterocycles. The zero-order valence-electron chi connectivity index (χ0n) is 15.0. The third kappa shape index (κ3) is 7.36. The molecule has 2 rings (SSSR count). The second-order valence-electron chi connectivity index (χ2n) is 6.04. The molecule has 0 unspecified atom stereocenters. The normalized spacial score (nSPS) is 14.2. The minimum atomic E-state index is 0. The largest absolute Gasteiger partial charge is 0.380 e. The van der Waals surface area contributed by atoms with Gasteiger partial charge in [0.05, 0.1) is 13.2 Å². The van der Waals surface area contributed by atoms with Crippen LogP contribution in [0, 0.1) is 5.92 Å². The molecule has 0 radical (unpaired) electrons. The van der Waals surface area contributed by atoms with Crippen LogP contribution in [0.15, 0.2) is 29.3 Å². The van der Waals surface area contributed by atoms with Crippen molar-refractivity contribution in [3.8, 4) is 0 Å². The molecule has 136 valence electrons. The Bertz CT molecular complexity index is 507. The summed E-state index contributed by atoms with van der Waals surface area (Å²) >= 11 is 0. The molecule has 1 fully saturated rings. The highest BCUT2D eigenvalue weighted by Crippen LogP contribution is 2.28. The Morgan fingerprint density at radius 3 is 2.62 bits per heavy atom. The summed E-state index contributed by atoms with van der Waals surface area (Å²) in [4.78, 5) is 6.45. The number of benzene rings is 1. The molecule has 24 heavy (non-hydrogen) atoms. The molecule has 1 saturated carbocycles. The van der Waals surface area contributed by atoms with Gasteiger partial charge in [-0.25, -0.2) is 0 Å². The van der Waals surface area contributed by atoms with Crippen LogP contribution in [-0.4, -0.2) is 51.8 Å². The van der Waals surface area contributed by atoms with E-state index in [4.69, 9.17) is 9.47 Å². The second kappa shape index (κ2) is 11.7. The van der Waals surface area contributed by atoms with Gasteiger partial charge in [-0.3, -0.25) is 4.99 Å². The standard InChI is InChI=1S/C18H29N3O2.HI/c1-19-18(21(2)10-11-23-13-15-8-9-15)20-12-16-6-4-5-7-17(16)14-22-3;/h4-7,15H,8-14H2,1-3H3,(H,19,20);1H. The third-order valence-electron chi connectivity index (χ3n) is 4.05. The summed E-state index contributed by atoms with van der Waals surface area (Å²) < 4.78 is 10.9. The average molecular weight is 447 g/mol. The van der Waals surface area contributed by atoms with Gasteiger partial charge in [0, 0.05) is 40.9 Å². The first-order chi connectivity index (χ1) is 11.2. The number of methoxy groups -OCH3 is 1. The Morgan fingerprint density at radius 1 is 1.29 bits per heavy atom. The van der Waals surface area contributed by atoms with Gasteiger partial charge in [-0.15, -0.1) is 24.0 Å². The van der Waals surface area contributed by atoms with Gasteiger partial charge in [-0.05, 0) is 29.9 Å². The predicted molar refractivity (Wildman–Crippen MR) is 109 cm³/mol. The van der Waals surface area contributed by atoms with E-state index >= 15 is 0 Å². The predicted octanol–water partition coefficient (Wildman–Crippen LogP) is 2.88. The van der Waals surface area contributed by atoms with E-state index in [0.717, 1.165) is 38.2 Å². The van der Waals surface area contributed by atoms with Crippen molar-refractivity contribution >= 4 is 29.9 Å². The minimum absolute atomic E-state index is 0. The number of rotatable bonds is 9. The van der Waals surface area contributed by atoms with E-state index in [9.17, 15) is 0 Å². The topological polar surface area (TPSA) is 46.1 Å². The van der Waals surface area contributed by atoms with Crippen LogP contribution in [0.25, 0.3) is 0 Å². The highest BCUT2D eigenvalue weighted by molar-refractivity contribution is 14.0. The van der Waals surface area contributed by atoms with Crippen molar-refractivity contribution in [2.45, 2.75) is 26.0 Å². The number of nitrogens with zero attached hydrogens (tertiary/aromatic N) is 2. The summed E-state index contributed by atoms with van der Waals surface area (Å²) in [6.07, 6.45) is 2.67. The lowest BCUT2D eigenvalue weighted by Crippen LogP contribution is -2.40. The van der Waals surface area contributed by atoms with E-state index in [0.29, 0.717) is 6.61 Å². The van der Waals surface area contributed by atoms with E-state index in [-0.39, 0.29) is 24.0 Å². The molecule has 1 aromatic rings. The number of hydrogen-bond donors (Lipinski definition) is 1. The van der Waals surface area contributed by atoms with E-state index in [1.807, 2.05) is 26.2 Å². The summed E-state index contributed by atoms with van der Waals surface area (Å²) in [6, 6.07) is 8.30. The summed E-state index contributed by atoms with van der Waals surface area (Å²) in [5.74, 6) is 1.70. The fourth-order valence-corrected chi connectivity index (χ4v) is 2.43. The molecule has 1 aliphatic rings. The SMILES string of the molecule is CN=C(NCc1ccccc1COC)N(C)CCOCC1CC1.I. The van der Waals surface area contributed by atoms with Crippen LogP contribution in [-0.2, 0) is 22.6 Å². The molecule has 0 heterocycles. The molecular formula is C18H30IN3O2. The van der Waals surface area contributed by atoms with Crippen molar-refractivity contribution in [3.05, 3.63) is 35.4 Å². The molecular weight excluding hydrogens is 417 g/mol. The monoisotopic (exact) mass is 447 g/mol. The maximum absolute atomic E-state index is 5.70. The van der Waals surface area contributed by atoms with Crippen LogP contribution in [0.5, 0.6) is 0 Å². The van der Waals surface area contributed by atoms with Crippen molar-refractivity contribution < 1.29 is 9.47 Å². The number of halogens is 1. The summed E-state index contributed by atoms with van der Waals surface area (Å²) in [6.45, 7) is 3.85. The van der Waals surface area contributed by atoms with Crippen LogP contribution < -0.4 is 5.32 Å². The molecule has 0 bridgehead atoms. The van der Waals surface area contributed by atoms with Crippen molar-refractivity contribution in [2.75, 3.05) is 41.0 Å². The Balaban J connectivity index is 0.00000288. The van der Waals surface area contributed by atoms with Crippen LogP contribution >= 0.6 is 24.0 Å². The molecule has 6 heteroatoms. The average Bonchev–Trinajstić information content (AvgIpc) is 3.38. The van der Waals surface area contributed by atoms with Crippen LogP contribution in [0.1, 0.15) is 24.0 Å². The summed E-state index contributed by atoms with van der Waals surface area (Å²) in [5, 5.41) is 3.41. The third-order valence-corrected chi connectivity index (χ3v) is 4.05. The quantitative estimate of drug-likeness (QED) is 0.274. The Kier molecular flexibility index (Phi) is 10.3. The fraction of sp³-hybridized carbons (Fsp3) is 0.611. The lowest BCUT2D eigenvalue weighted by molar-refractivity contribution is 0.115. The fourth-order valence-electron chi connectivity index (χ4n) is 2.43. The van der Waals surface area contributed by atoms with Gasteiger partial charge in [-0.2, -0.15) is 0 Å². The lowest BCUT2D eigenvalue weighted by atomic mass is 10.1. The lowest BCUT2D eigenvalue weighted by Gasteiger charge is -2.22. The Hall–Kier alpha value is -0.860. The Labute approximate surface area is 162 Å². The molecule has 0 aromatic heterocycles. The van der Waals surface area contributed by atoms with Gasteiger partial charge in [0.2, 0.25) is 0 Å². The molecule has 0 spiro atoms. The molecule has 1 N–H and O–H groups in total. The molecule has 0 atom stereocenters. The summed E-state index contributed by atoms with van der Waals surface area (Å²) in [7, 11) is 5.57. The number of ether oxygens (including phenoxy) is 2. The maximum atomic E-state index is 5.70.